The first kappa shape index (κ1) is 16.6. The smallest absolute Gasteiger partial charge is 0.239 e. The fourth-order valence-corrected chi connectivity index (χ4v) is 1.90. The Morgan fingerprint density at radius 3 is 2.65 bits per heavy atom. The van der Waals surface area contributed by atoms with Gasteiger partial charge in [0.05, 0.1) is 20.2 Å². The molecule has 0 saturated carbocycles. The largest absolute Gasteiger partial charge is 0.494 e. The molecular weight excluding hydrogens is 299 g/mol. The van der Waals surface area contributed by atoms with Gasteiger partial charge in [0, 0.05) is 11.8 Å². The highest BCUT2D eigenvalue weighted by Crippen LogP contribution is 2.20. The molecule has 1 amide bonds. The summed E-state index contributed by atoms with van der Waals surface area (Å²) in [6.07, 6.45) is 0. The average molecular weight is 318 g/mol. The van der Waals surface area contributed by atoms with Crippen molar-refractivity contribution in [3.63, 3.8) is 0 Å². The van der Waals surface area contributed by atoms with Crippen LogP contribution in [-0.2, 0) is 4.79 Å². The standard InChI is InChI=1S/C17H19FN2O3/c1-22-16-8-7-13(11-15(16)18)20-12-17(21)19-9-10-23-14-5-3-2-4-6-14/h2-8,11,20H,9-10,12H2,1H3,(H,19,21). The summed E-state index contributed by atoms with van der Waals surface area (Å²) < 4.78 is 23.8. The van der Waals surface area contributed by atoms with Gasteiger partial charge < -0.3 is 20.1 Å². The van der Waals surface area contributed by atoms with Crippen molar-refractivity contribution in [3.8, 4) is 11.5 Å². The van der Waals surface area contributed by atoms with Crippen LogP contribution in [0.15, 0.2) is 48.5 Å². The fourth-order valence-electron chi connectivity index (χ4n) is 1.90. The third-order valence-electron chi connectivity index (χ3n) is 3.04. The summed E-state index contributed by atoms with van der Waals surface area (Å²) in [5.74, 6) is 0.249. The van der Waals surface area contributed by atoms with E-state index >= 15 is 0 Å². The van der Waals surface area contributed by atoms with Gasteiger partial charge in [0.15, 0.2) is 11.6 Å². The second-order valence-corrected chi connectivity index (χ2v) is 4.71. The van der Waals surface area contributed by atoms with Gasteiger partial charge in [0.1, 0.15) is 12.4 Å². The normalized spacial score (nSPS) is 10.0. The molecule has 2 aromatic rings. The molecule has 0 atom stereocenters. The first-order valence-electron chi connectivity index (χ1n) is 7.21. The number of rotatable bonds is 8. The Morgan fingerprint density at radius 1 is 1.17 bits per heavy atom. The summed E-state index contributed by atoms with van der Waals surface area (Å²) in [5, 5.41) is 5.56. The van der Waals surface area contributed by atoms with E-state index in [-0.39, 0.29) is 18.2 Å². The van der Waals surface area contributed by atoms with E-state index in [4.69, 9.17) is 9.47 Å². The van der Waals surface area contributed by atoms with Crippen molar-refractivity contribution in [1.82, 2.24) is 5.32 Å². The van der Waals surface area contributed by atoms with Gasteiger partial charge in [0.25, 0.3) is 0 Å². The van der Waals surface area contributed by atoms with Crippen LogP contribution in [0.1, 0.15) is 0 Å². The number of methoxy groups -OCH3 is 1. The maximum Gasteiger partial charge on any atom is 0.239 e. The first-order chi connectivity index (χ1) is 11.2. The zero-order chi connectivity index (χ0) is 16.5. The Kier molecular flexibility index (Phi) is 6.23. The number of ether oxygens (including phenoxy) is 2. The third kappa shape index (κ3) is 5.50. The van der Waals surface area contributed by atoms with Crippen LogP contribution in [0, 0.1) is 5.82 Å². The van der Waals surface area contributed by atoms with Crippen molar-refractivity contribution in [2.45, 2.75) is 0 Å². The fraction of sp³-hybridized carbons (Fsp3) is 0.235. The lowest BCUT2D eigenvalue weighted by molar-refractivity contribution is -0.119. The maximum absolute atomic E-state index is 13.5. The van der Waals surface area contributed by atoms with E-state index in [1.807, 2.05) is 30.3 Å². The number of benzene rings is 2. The highest BCUT2D eigenvalue weighted by molar-refractivity contribution is 5.80. The Balaban J connectivity index is 1.66. The lowest BCUT2D eigenvalue weighted by atomic mass is 10.3. The molecule has 0 bridgehead atoms. The second-order valence-electron chi connectivity index (χ2n) is 4.71. The van der Waals surface area contributed by atoms with Gasteiger partial charge in [-0.15, -0.1) is 0 Å². The summed E-state index contributed by atoms with van der Waals surface area (Å²) in [4.78, 5) is 11.7. The Labute approximate surface area is 134 Å². The number of hydrogen-bond donors (Lipinski definition) is 2. The summed E-state index contributed by atoms with van der Waals surface area (Å²) in [7, 11) is 1.40. The van der Waals surface area contributed by atoms with Crippen molar-refractivity contribution in [2.75, 3.05) is 32.1 Å². The number of carbonyl (C=O) groups excluding carboxylic acids is 1. The zero-order valence-corrected chi connectivity index (χ0v) is 12.8. The topological polar surface area (TPSA) is 59.6 Å². The molecule has 6 heteroatoms. The van der Waals surface area contributed by atoms with Gasteiger partial charge in [-0.3, -0.25) is 4.79 Å². The number of halogens is 1. The van der Waals surface area contributed by atoms with Crippen LogP contribution >= 0.6 is 0 Å². The molecule has 0 heterocycles. The molecule has 122 valence electrons. The number of hydrogen-bond acceptors (Lipinski definition) is 4. The molecule has 2 rings (SSSR count). The molecule has 0 unspecified atom stereocenters. The first-order valence-corrected chi connectivity index (χ1v) is 7.21. The number of nitrogens with one attached hydrogen (secondary N) is 2. The molecule has 0 aliphatic heterocycles. The lowest BCUT2D eigenvalue weighted by Gasteiger charge is -2.10. The molecule has 2 aromatic carbocycles. The predicted octanol–water partition coefficient (Wildman–Crippen LogP) is 2.44. The molecule has 0 aliphatic carbocycles. The Bertz CT molecular complexity index is 635. The van der Waals surface area contributed by atoms with Crippen LogP contribution < -0.4 is 20.1 Å². The van der Waals surface area contributed by atoms with Gasteiger partial charge in [-0.1, -0.05) is 18.2 Å². The number of anilines is 1. The maximum atomic E-state index is 13.5. The molecule has 0 aliphatic rings. The van der Waals surface area contributed by atoms with E-state index in [1.165, 1.54) is 19.2 Å². The SMILES string of the molecule is COc1ccc(NCC(=O)NCCOc2ccccc2)cc1F. The highest BCUT2D eigenvalue weighted by atomic mass is 19.1. The summed E-state index contributed by atoms with van der Waals surface area (Å²) in [6.45, 7) is 0.830. The van der Waals surface area contributed by atoms with Gasteiger partial charge >= 0.3 is 0 Å². The van der Waals surface area contributed by atoms with Gasteiger partial charge in [-0.25, -0.2) is 4.39 Å². The Morgan fingerprint density at radius 2 is 1.96 bits per heavy atom. The summed E-state index contributed by atoms with van der Waals surface area (Å²) in [6, 6.07) is 13.8. The quantitative estimate of drug-likeness (QED) is 0.734. The average Bonchev–Trinajstić information content (AvgIpc) is 2.58. The summed E-state index contributed by atoms with van der Waals surface area (Å²) >= 11 is 0. The molecule has 0 radical (unpaired) electrons. The molecule has 5 nitrogen and oxygen atoms in total. The van der Waals surface area contributed by atoms with Crippen LogP contribution in [0.2, 0.25) is 0 Å². The van der Waals surface area contributed by atoms with E-state index in [9.17, 15) is 9.18 Å². The second kappa shape index (κ2) is 8.63. The van der Waals surface area contributed by atoms with E-state index < -0.39 is 5.82 Å². The van der Waals surface area contributed by atoms with Gasteiger partial charge in [-0.05, 0) is 24.3 Å². The number of amides is 1. The van der Waals surface area contributed by atoms with E-state index in [2.05, 4.69) is 10.6 Å². The van der Waals surface area contributed by atoms with Crippen LogP contribution in [0.5, 0.6) is 11.5 Å². The molecule has 0 aromatic heterocycles. The van der Waals surface area contributed by atoms with Crippen molar-refractivity contribution in [2.24, 2.45) is 0 Å². The van der Waals surface area contributed by atoms with Gasteiger partial charge in [0.2, 0.25) is 5.91 Å². The summed E-state index contributed by atoms with van der Waals surface area (Å²) in [5.41, 5.74) is 0.513. The monoisotopic (exact) mass is 318 g/mol. The molecule has 0 spiro atoms. The van der Waals surface area contributed by atoms with Crippen molar-refractivity contribution in [3.05, 3.63) is 54.3 Å². The Hall–Kier alpha value is -2.76. The number of carbonyl (C=O) groups is 1. The minimum Gasteiger partial charge on any atom is -0.494 e. The minimum atomic E-state index is -0.478. The molecule has 23 heavy (non-hydrogen) atoms. The molecule has 0 fully saturated rings. The van der Waals surface area contributed by atoms with E-state index in [0.29, 0.717) is 18.8 Å². The van der Waals surface area contributed by atoms with Crippen LogP contribution in [0.4, 0.5) is 10.1 Å². The molecule has 2 N–H and O–H groups in total. The third-order valence-corrected chi connectivity index (χ3v) is 3.04. The van der Waals surface area contributed by atoms with Crippen molar-refractivity contribution >= 4 is 11.6 Å². The van der Waals surface area contributed by atoms with Crippen LogP contribution in [0.25, 0.3) is 0 Å². The number of para-hydroxylation sites is 1. The molecular formula is C17H19FN2O3. The lowest BCUT2D eigenvalue weighted by Crippen LogP contribution is -2.33. The van der Waals surface area contributed by atoms with Crippen LogP contribution in [0.3, 0.4) is 0 Å². The van der Waals surface area contributed by atoms with E-state index in [0.717, 1.165) is 5.75 Å². The van der Waals surface area contributed by atoms with E-state index in [1.54, 1.807) is 6.07 Å². The zero-order valence-electron chi connectivity index (χ0n) is 12.8. The molecule has 0 saturated heterocycles. The van der Waals surface area contributed by atoms with Gasteiger partial charge in [-0.2, -0.15) is 0 Å². The van der Waals surface area contributed by atoms with Crippen molar-refractivity contribution in [1.29, 1.82) is 0 Å². The highest BCUT2D eigenvalue weighted by Gasteiger charge is 2.05. The van der Waals surface area contributed by atoms with Crippen molar-refractivity contribution < 1.29 is 18.7 Å². The van der Waals surface area contributed by atoms with Crippen LogP contribution in [-0.4, -0.2) is 32.7 Å². The predicted molar refractivity (Wildman–Crippen MR) is 86.4 cm³/mol. The minimum absolute atomic E-state index is 0.0527.